The van der Waals surface area contributed by atoms with Gasteiger partial charge in [-0.25, -0.2) is 4.79 Å². The molecule has 0 aliphatic heterocycles. The molecule has 2 aromatic rings. The van der Waals surface area contributed by atoms with E-state index >= 15 is 0 Å². The van der Waals surface area contributed by atoms with E-state index in [2.05, 4.69) is 0 Å². The van der Waals surface area contributed by atoms with Crippen LogP contribution in [0.5, 0.6) is 17.2 Å². The van der Waals surface area contributed by atoms with E-state index < -0.39 is 5.97 Å². The molecule has 0 fully saturated rings. The van der Waals surface area contributed by atoms with Crippen LogP contribution in [-0.2, 0) is 4.79 Å². The first-order chi connectivity index (χ1) is 12.5. The van der Waals surface area contributed by atoms with Crippen molar-refractivity contribution >= 4 is 23.6 Å². The highest BCUT2D eigenvalue weighted by Gasteiger charge is 2.12. The van der Waals surface area contributed by atoms with Crippen LogP contribution in [0, 0.1) is 6.92 Å². The molecule has 138 valence electrons. The molecule has 6 heteroatoms. The predicted molar refractivity (Wildman–Crippen MR) is 101 cm³/mol. The Kier molecular flexibility index (Phi) is 7.36. The minimum Gasteiger partial charge on any atom is -0.490 e. The van der Waals surface area contributed by atoms with Crippen LogP contribution >= 0.6 is 11.6 Å². The zero-order chi connectivity index (χ0) is 18.9. The molecule has 0 saturated carbocycles. The van der Waals surface area contributed by atoms with E-state index in [0.29, 0.717) is 35.3 Å². The highest BCUT2D eigenvalue weighted by atomic mass is 35.5. The van der Waals surface area contributed by atoms with Crippen molar-refractivity contribution in [3.63, 3.8) is 0 Å². The lowest BCUT2D eigenvalue weighted by Crippen LogP contribution is -2.10. The maximum Gasteiger partial charge on any atom is 0.328 e. The standard InChI is InChI=1S/C20H21ClO5/c1-3-24-18-13-15(6-9-19(22)23)12-17(21)20(18)26-11-10-25-16-7-4-14(2)5-8-16/h4-9,12-13H,3,10-11H2,1-2H3,(H,22,23). The van der Waals surface area contributed by atoms with Gasteiger partial charge in [-0.15, -0.1) is 0 Å². The minimum absolute atomic E-state index is 0.290. The minimum atomic E-state index is -1.03. The first kappa shape index (κ1) is 19.7. The van der Waals surface area contributed by atoms with Crippen molar-refractivity contribution in [2.45, 2.75) is 13.8 Å². The van der Waals surface area contributed by atoms with Gasteiger partial charge in [-0.2, -0.15) is 0 Å². The fraction of sp³-hybridized carbons (Fsp3) is 0.250. The van der Waals surface area contributed by atoms with Crippen molar-refractivity contribution in [1.29, 1.82) is 0 Å². The fourth-order valence-corrected chi connectivity index (χ4v) is 2.47. The molecule has 5 nitrogen and oxygen atoms in total. The van der Waals surface area contributed by atoms with Crippen molar-refractivity contribution in [2.75, 3.05) is 19.8 Å². The van der Waals surface area contributed by atoms with Crippen LogP contribution in [0.4, 0.5) is 0 Å². The third kappa shape index (κ3) is 6.01. The van der Waals surface area contributed by atoms with Gasteiger partial charge in [0.05, 0.1) is 11.6 Å². The summed E-state index contributed by atoms with van der Waals surface area (Å²) in [6.07, 6.45) is 2.48. The summed E-state index contributed by atoms with van der Waals surface area (Å²) in [7, 11) is 0. The number of rotatable bonds is 9. The number of carboxylic acids is 1. The quantitative estimate of drug-likeness (QED) is 0.511. The summed E-state index contributed by atoms with van der Waals surface area (Å²) < 4.78 is 16.9. The van der Waals surface area contributed by atoms with Crippen LogP contribution in [0.1, 0.15) is 18.1 Å². The number of aryl methyl sites for hydroxylation is 1. The number of halogens is 1. The molecule has 0 amide bonds. The number of benzene rings is 2. The molecule has 0 radical (unpaired) electrons. The zero-order valence-corrected chi connectivity index (χ0v) is 15.5. The molecule has 0 aliphatic carbocycles. The van der Waals surface area contributed by atoms with Gasteiger partial charge < -0.3 is 19.3 Å². The van der Waals surface area contributed by atoms with Crippen LogP contribution in [0.15, 0.2) is 42.5 Å². The molecule has 26 heavy (non-hydrogen) atoms. The Morgan fingerprint density at radius 3 is 2.46 bits per heavy atom. The Morgan fingerprint density at radius 2 is 1.81 bits per heavy atom. The van der Waals surface area contributed by atoms with E-state index in [-0.39, 0.29) is 6.61 Å². The normalized spacial score (nSPS) is 10.7. The summed E-state index contributed by atoms with van der Waals surface area (Å²) in [4.78, 5) is 10.7. The second-order valence-electron chi connectivity index (χ2n) is 5.44. The average Bonchev–Trinajstić information content (AvgIpc) is 2.60. The van der Waals surface area contributed by atoms with Gasteiger partial charge >= 0.3 is 5.97 Å². The summed E-state index contributed by atoms with van der Waals surface area (Å²) in [5.74, 6) is 0.603. The van der Waals surface area contributed by atoms with Crippen molar-refractivity contribution in [2.24, 2.45) is 0 Å². The first-order valence-corrected chi connectivity index (χ1v) is 8.57. The number of hydrogen-bond acceptors (Lipinski definition) is 4. The monoisotopic (exact) mass is 376 g/mol. The number of carbonyl (C=O) groups is 1. The van der Waals surface area contributed by atoms with Crippen LogP contribution in [-0.4, -0.2) is 30.9 Å². The van der Waals surface area contributed by atoms with E-state index in [9.17, 15) is 4.79 Å². The Balaban J connectivity index is 2.02. The Bertz CT molecular complexity index is 769. The lowest BCUT2D eigenvalue weighted by molar-refractivity contribution is -0.131. The lowest BCUT2D eigenvalue weighted by Gasteiger charge is -2.15. The Labute approximate surface area is 157 Å². The summed E-state index contributed by atoms with van der Waals surface area (Å²) >= 11 is 6.27. The molecule has 0 bridgehead atoms. The van der Waals surface area contributed by atoms with Crippen molar-refractivity contribution in [1.82, 2.24) is 0 Å². The number of carboxylic acid groups (broad SMARTS) is 1. The highest BCUT2D eigenvalue weighted by Crippen LogP contribution is 2.37. The fourth-order valence-electron chi connectivity index (χ4n) is 2.19. The van der Waals surface area contributed by atoms with Gasteiger partial charge in [-0.3, -0.25) is 0 Å². The van der Waals surface area contributed by atoms with Gasteiger partial charge in [0.15, 0.2) is 11.5 Å². The molecule has 0 spiro atoms. The maximum absolute atomic E-state index is 10.7. The summed E-state index contributed by atoms with van der Waals surface area (Å²) in [6.45, 7) is 4.93. The molecule has 2 rings (SSSR count). The maximum atomic E-state index is 10.7. The summed E-state index contributed by atoms with van der Waals surface area (Å²) in [5.41, 5.74) is 1.78. The molecular weight excluding hydrogens is 356 g/mol. The van der Waals surface area contributed by atoms with Gasteiger partial charge in [0.25, 0.3) is 0 Å². The van der Waals surface area contributed by atoms with Crippen LogP contribution in [0.2, 0.25) is 5.02 Å². The molecule has 1 N–H and O–H groups in total. The van der Waals surface area contributed by atoms with E-state index in [1.54, 1.807) is 12.1 Å². The topological polar surface area (TPSA) is 65.0 Å². The van der Waals surface area contributed by atoms with Crippen molar-refractivity contribution in [3.05, 3.63) is 58.6 Å². The van der Waals surface area contributed by atoms with Gasteiger partial charge in [0, 0.05) is 6.08 Å². The molecule has 0 aliphatic rings. The smallest absolute Gasteiger partial charge is 0.328 e. The third-order valence-electron chi connectivity index (χ3n) is 3.37. The summed E-state index contributed by atoms with van der Waals surface area (Å²) in [5, 5.41) is 9.08. The molecule has 0 unspecified atom stereocenters. The molecular formula is C20H21ClO5. The molecule has 0 aromatic heterocycles. The van der Waals surface area contributed by atoms with E-state index in [4.69, 9.17) is 30.9 Å². The molecule has 0 saturated heterocycles. The zero-order valence-electron chi connectivity index (χ0n) is 14.7. The third-order valence-corrected chi connectivity index (χ3v) is 3.65. The Hall–Kier alpha value is -2.66. The van der Waals surface area contributed by atoms with E-state index in [1.807, 2.05) is 38.1 Å². The number of hydrogen-bond donors (Lipinski definition) is 1. The largest absolute Gasteiger partial charge is 0.490 e. The molecule has 2 aromatic carbocycles. The second kappa shape index (κ2) is 9.73. The van der Waals surface area contributed by atoms with Crippen molar-refractivity contribution < 1.29 is 24.1 Å². The van der Waals surface area contributed by atoms with E-state index in [1.165, 1.54) is 11.6 Å². The van der Waals surface area contributed by atoms with Crippen molar-refractivity contribution in [3.8, 4) is 17.2 Å². The second-order valence-corrected chi connectivity index (χ2v) is 5.85. The van der Waals surface area contributed by atoms with Gasteiger partial charge in [-0.1, -0.05) is 29.3 Å². The summed E-state index contributed by atoms with van der Waals surface area (Å²) in [6, 6.07) is 11.1. The average molecular weight is 377 g/mol. The molecule has 0 heterocycles. The number of ether oxygens (including phenoxy) is 3. The lowest BCUT2D eigenvalue weighted by atomic mass is 10.2. The SMILES string of the molecule is CCOc1cc(C=CC(=O)O)cc(Cl)c1OCCOc1ccc(C)cc1. The van der Waals surface area contributed by atoms with E-state index in [0.717, 1.165) is 11.8 Å². The van der Waals surface area contributed by atoms with Crippen LogP contribution in [0.25, 0.3) is 6.08 Å². The predicted octanol–water partition coefficient (Wildman–Crippen LogP) is 4.60. The van der Waals surface area contributed by atoms with Crippen LogP contribution < -0.4 is 14.2 Å². The first-order valence-electron chi connectivity index (χ1n) is 8.19. The van der Waals surface area contributed by atoms with Gasteiger partial charge in [0.2, 0.25) is 0 Å². The van der Waals surface area contributed by atoms with Crippen LogP contribution in [0.3, 0.4) is 0 Å². The van der Waals surface area contributed by atoms with Gasteiger partial charge in [0.1, 0.15) is 19.0 Å². The van der Waals surface area contributed by atoms with Gasteiger partial charge in [-0.05, 0) is 49.8 Å². The number of aliphatic carboxylic acids is 1. The highest BCUT2D eigenvalue weighted by molar-refractivity contribution is 6.32. The Morgan fingerprint density at radius 1 is 1.12 bits per heavy atom. The molecule has 0 atom stereocenters.